The molecule has 47 heavy (non-hydrogen) atoms. The molecule has 2 saturated heterocycles. The van der Waals surface area contributed by atoms with Crippen LogP contribution in [0.4, 0.5) is 4.79 Å². The number of hydrogen-bond donors (Lipinski definition) is 2. The van der Waals surface area contributed by atoms with E-state index in [1.54, 1.807) is 0 Å². The van der Waals surface area contributed by atoms with E-state index in [1.807, 2.05) is 4.90 Å². The molecule has 7 fully saturated rings. The minimum Gasteiger partial charge on any atom is -0.481 e. The molecule has 7 heteroatoms. The summed E-state index contributed by atoms with van der Waals surface area (Å²) in [5, 5.41) is 22.3. The number of nitrogens with zero attached hydrogens (tertiary/aromatic N) is 2. The molecule has 0 spiro atoms. The molecular weight excluding hydrogens is 588 g/mol. The Bertz CT molecular complexity index is 1260. The molecule has 7 nitrogen and oxygen atoms in total. The van der Waals surface area contributed by atoms with Crippen LogP contribution >= 0.6 is 0 Å². The van der Waals surface area contributed by atoms with Gasteiger partial charge in [0.15, 0.2) is 0 Å². The Morgan fingerprint density at radius 3 is 2.17 bits per heavy atom. The first-order valence-corrected chi connectivity index (χ1v) is 19.4. The van der Waals surface area contributed by atoms with Gasteiger partial charge in [-0.2, -0.15) is 0 Å². The molecule has 7 rings (SSSR count). The van der Waals surface area contributed by atoms with E-state index in [2.05, 4.69) is 46.1 Å². The van der Waals surface area contributed by atoms with E-state index in [1.165, 1.54) is 31.5 Å². The molecule has 2 aliphatic heterocycles. The van der Waals surface area contributed by atoms with E-state index in [-0.39, 0.29) is 40.8 Å². The molecule has 264 valence electrons. The number of ether oxygens (including phenoxy) is 1. The Hall–Kier alpha value is -1.60. The summed E-state index contributed by atoms with van der Waals surface area (Å²) < 4.78 is 6.18. The van der Waals surface area contributed by atoms with Crippen LogP contribution in [0.25, 0.3) is 0 Å². The Balaban J connectivity index is 1.09. The molecule has 2 N–H and O–H groups in total. The molecular formula is C40H64N2O5. The fourth-order valence-electron chi connectivity index (χ4n) is 14.3. The third-order valence-corrected chi connectivity index (χ3v) is 17.2. The average Bonchev–Trinajstić information content (AvgIpc) is 3.72. The number of amides is 1. The summed E-state index contributed by atoms with van der Waals surface area (Å²) in [5.74, 6) is 1.09. The molecule has 7 aliphatic rings. The topological polar surface area (TPSA) is 90.3 Å². The Morgan fingerprint density at radius 1 is 0.809 bits per heavy atom. The third-order valence-electron chi connectivity index (χ3n) is 17.2. The van der Waals surface area contributed by atoms with Crippen LogP contribution in [0.2, 0.25) is 0 Å². The standard InChI is InChI=1S/C40H64N2O5/c1-26(2)28-11-18-40(34(44)45)20-19-38(5)29(33(28)40)9-10-31-36(3)16-13-32(43)37(4,30(36)12-17-39(31,38)6)25-47-35(46)42-23-14-27(15-24-42)41-21-7-8-22-41/h27-33,43H,1,7-25H2,2-6H3,(H,44,45)/t28-,29?,30?,31?,32-,33?,36-,37-,38+,39+,40-/m0/s1. The van der Waals surface area contributed by atoms with Gasteiger partial charge in [-0.3, -0.25) is 4.79 Å². The Morgan fingerprint density at radius 2 is 1.51 bits per heavy atom. The first-order chi connectivity index (χ1) is 22.2. The fraction of sp³-hybridized carbons (Fsp3) is 0.900. The second kappa shape index (κ2) is 11.7. The van der Waals surface area contributed by atoms with Crippen molar-refractivity contribution in [3.05, 3.63) is 12.2 Å². The van der Waals surface area contributed by atoms with E-state index < -0.39 is 22.9 Å². The molecule has 0 aromatic rings. The van der Waals surface area contributed by atoms with E-state index in [0.717, 1.165) is 90.1 Å². The summed E-state index contributed by atoms with van der Waals surface area (Å²) in [5.41, 5.74) is 0.322. The number of aliphatic hydroxyl groups is 1. The van der Waals surface area contributed by atoms with Crippen molar-refractivity contribution in [1.29, 1.82) is 0 Å². The second-order valence-electron chi connectivity index (χ2n) is 18.7. The lowest BCUT2D eigenvalue weighted by Gasteiger charge is -2.72. The highest BCUT2D eigenvalue weighted by Crippen LogP contribution is 2.77. The maximum atomic E-state index is 13.4. The van der Waals surface area contributed by atoms with Crippen LogP contribution in [-0.4, -0.2) is 77.0 Å². The zero-order valence-electron chi connectivity index (χ0n) is 30.2. The van der Waals surface area contributed by atoms with Gasteiger partial charge in [-0.1, -0.05) is 39.8 Å². The number of hydrogen-bond acceptors (Lipinski definition) is 5. The smallest absolute Gasteiger partial charge is 0.409 e. The van der Waals surface area contributed by atoms with Crippen molar-refractivity contribution in [3.63, 3.8) is 0 Å². The number of fused-ring (bicyclic) bond motifs is 7. The number of carboxylic acid groups (broad SMARTS) is 1. The molecule has 1 amide bonds. The van der Waals surface area contributed by atoms with Gasteiger partial charge in [0.1, 0.15) is 6.61 Å². The largest absolute Gasteiger partial charge is 0.481 e. The Labute approximate surface area is 284 Å². The molecule has 5 saturated carbocycles. The summed E-state index contributed by atoms with van der Waals surface area (Å²) in [6.07, 6.45) is 13.6. The second-order valence-corrected chi connectivity index (χ2v) is 18.7. The van der Waals surface area contributed by atoms with Crippen LogP contribution in [-0.2, 0) is 9.53 Å². The van der Waals surface area contributed by atoms with Gasteiger partial charge >= 0.3 is 12.1 Å². The first-order valence-electron chi connectivity index (χ1n) is 19.4. The maximum absolute atomic E-state index is 13.4. The van der Waals surface area contributed by atoms with Crippen LogP contribution in [0.3, 0.4) is 0 Å². The maximum Gasteiger partial charge on any atom is 0.409 e. The van der Waals surface area contributed by atoms with E-state index in [0.29, 0.717) is 23.8 Å². The van der Waals surface area contributed by atoms with Gasteiger partial charge in [0.25, 0.3) is 0 Å². The number of likely N-dealkylation sites (tertiary alicyclic amines) is 2. The van der Waals surface area contributed by atoms with Crippen molar-refractivity contribution in [2.24, 2.45) is 56.7 Å². The number of carbonyl (C=O) groups excluding carboxylic acids is 1. The van der Waals surface area contributed by atoms with Crippen molar-refractivity contribution in [1.82, 2.24) is 9.80 Å². The molecule has 4 unspecified atom stereocenters. The van der Waals surface area contributed by atoms with Gasteiger partial charge in [0.05, 0.1) is 11.5 Å². The van der Waals surface area contributed by atoms with Crippen molar-refractivity contribution >= 4 is 12.1 Å². The molecule has 0 aromatic heterocycles. The van der Waals surface area contributed by atoms with Gasteiger partial charge < -0.3 is 24.7 Å². The van der Waals surface area contributed by atoms with Crippen molar-refractivity contribution in [3.8, 4) is 0 Å². The first kappa shape index (κ1) is 33.9. The predicted molar refractivity (Wildman–Crippen MR) is 184 cm³/mol. The van der Waals surface area contributed by atoms with Gasteiger partial charge in [0, 0.05) is 24.5 Å². The zero-order chi connectivity index (χ0) is 33.6. The minimum absolute atomic E-state index is 0.0419. The molecule has 2 heterocycles. The van der Waals surface area contributed by atoms with Crippen LogP contribution in [0, 0.1) is 56.7 Å². The lowest BCUT2D eigenvalue weighted by molar-refractivity contribution is -0.254. The summed E-state index contributed by atoms with van der Waals surface area (Å²) in [6.45, 7) is 20.5. The number of allylic oxidation sites excluding steroid dienone is 1. The molecule has 0 aromatic carbocycles. The lowest BCUT2D eigenvalue weighted by Crippen LogP contribution is -2.67. The molecule has 11 atom stereocenters. The summed E-state index contributed by atoms with van der Waals surface area (Å²) in [4.78, 5) is 30.9. The molecule has 5 aliphatic carbocycles. The lowest BCUT2D eigenvalue weighted by atomic mass is 9.32. The zero-order valence-corrected chi connectivity index (χ0v) is 30.2. The van der Waals surface area contributed by atoms with Crippen molar-refractivity contribution in [2.45, 2.75) is 137 Å². The van der Waals surface area contributed by atoms with Gasteiger partial charge in [-0.05, 0) is 156 Å². The number of carboxylic acids is 1. The monoisotopic (exact) mass is 652 g/mol. The van der Waals surface area contributed by atoms with Crippen LogP contribution in [0.1, 0.15) is 125 Å². The van der Waals surface area contributed by atoms with Crippen LogP contribution < -0.4 is 0 Å². The third kappa shape index (κ3) is 4.84. The van der Waals surface area contributed by atoms with Gasteiger partial charge in [-0.25, -0.2) is 4.79 Å². The predicted octanol–water partition coefficient (Wildman–Crippen LogP) is 7.77. The summed E-state index contributed by atoms with van der Waals surface area (Å²) >= 11 is 0. The van der Waals surface area contributed by atoms with Crippen molar-refractivity contribution < 1.29 is 24.5 Å². The Kier molecular flexibility index (Phi) is 8.46. The SMILES string of the molecule is C=C(C)[C@@H]1CC[C@]2(C(=O)O)CC[C@]3(C)C(CCC4[C@@]5(C)CC[C@H](O)[C@@](C)(COC(=O)N6CCC(N7CCCC7)CC6)C5CC[C@]43C)C12. The number of rotatable bonds is 5. The minimum atomic E-state index is -0.598. The summed E-state index contributed by atoms with van der Waals surface area (Å²) in [7, 11) is 0. The number of carbonyl (C=O) groups is 2. The molecule has 0 radical (unpaired) electrons. The summed E-state index contributed by atoms with van der Waals surface area (Å²) in [6, 6.07) is 0.596. The fourth-order valence-corrected chi connectivity index (χ4v) is 14.3. The number of aliphatic carboxylic acids is 1. The van der Waals surface area contributed by atoms with Crippen LogP contribution in [0.15, 0.2) is 12.2 Å². The van der Waals surface area contributed by atoms with Crippen LogP contribution in [0.5, 0.6) is 0 Å². The quantitative estimate of drug-likeness (QED) is 0.295. The average molecular weight is 653 g/mol. The normalized spacial score (nSPS) is 48.6. The molecule has 0 bridgehead atoms. The van der Waals surface area contributed by atoms with Crippen molar-refractivity contribution in [2.75, 3.05) is 32.8 Å². The van der Waals surface area contributed by atoms with Gasteiger partial charge in [0.2, 0.25) is 0 Å². The van der Waals surface area contributed by atoms with Gasteiger partial charge in [-0.15, -0.1) is 0 Å². The van der Waals surface area contributed by atoms with E-state index in [4.69, 9.17) is 4.74 Å². The van der Waals surface area contributed by atoms with E-state index >= 15 is 0 Å². The highest BCUT2D eigenvalue weighted by Gasteiger charge is 2.72. The van der Waals surface area contributed by atoms with E-state index in [9.17, 15) is 19.8 Å². The highest BCUT2D eigenvalue weighted by molar-refractivity contribution is 5.76. The number of aliphatic hydroxyl groups excluding tert-OH is 1. The highest BCUT2D eigenvalue weighted by atomic mass is 16.6. The number of piperidine rings is 1.